The zero-order valence-corrected chi connectivity index (χ0v) is 16.0. The minimum atomic E-state index is -0.173. The normalized spacial score (nSPS) is 13.3. The van der Waals surface area contributed by atoms with Gasteiger partial charge < -0.3 is 10.6 Å². The summed E-state index contributed by atoms with van der Waals surface area (Å²) < 4.78 is 1.74. The Labute approximate surface area is 167 Å². The first kappa shape index (κ1) is 17.5. The van der Waals surface area contributed by atoms with Crippen molar-refractivity contribution in [2.24, 2.45) is 7.05 Å². The molecule has 0 spiro atoms. The number of hydrogen-bond acceptors (Lipinski definition) is 5. The first-order valence-corrected chi connectivity index (χ1v) is 9.55. The summed E-state index contributed by atoms with van der Waals surface area (Å²) in [6, 6.07) is 11.6. The SMILES string of the molecule is Cn1cc(-c2ccc3cnc(NC(=O)c4ccc5c(c4)CNCC5)cc3n2)cn1. The van der Waals surface area contributed by atoms with Crippen molar-refractivity contribution < 1.29 is 4.79 Å². The molecule has 1 aliphatic heterocycles. The number of nitrogens with one attached hydrogen (secondary N) is 2. The molecule has 4 heterocycles. The molecule has 1 amide bonds. The van der Waals surface area contributed by atoms with Crippen molar-refractivity contribution >= 4 is 22.6 Å². The summed E-state index contributed by atoms with van der Waals surface area (Å²) in [6.45, 7) is 1.78. The average Bonchev–Trinajstić information content (AvgIpc) is 3.19. The van der Waals surface area contributed by atoms with Gasteiger partial charge in [-0.1, -0.05) is 6.07 Å². The second-order valence-corrected chi connectivity index (χ2v) is 7.23. The highest BCUT2D eigenvalue weighted by Crippen LogP contribution is 2.22. The van der Waals surface area contributed by atoms with Gasteiger partial charge in [-0.3, -0.25) is 9.48 Å². The van der Waals surface area contributed by atoms with Gasteiger partial charge in [0, 0.05) is 48.6 Å². The largest absolute Gasteiger partial charge is 0.312 e. The molecule has 0 saturated carbocycles. The number of carbonyl (C=O) groups is 1. The van der Waals surface area contributed by atoms with Crippen LogP contribution in [0, 0.1) is 0 Å². The number of pyridine rings is 2. The Hall–Kier alpha value is -3.58. The number of aromatic nitrogens is 4. The standard InChI is InChI=1S/C22H20N6O/c1-28-13-18(12-25-28)19-5-4-16-11-24-21(9-20(16)26-19)27-22(29)15-3-2-14-6-7-23-10-17(14)8-15/h2-5,8-9,11-13,23H,6-7,10H2,1H3,(H,24,27,29). The Morgan fingerprint density at radius 1 is 1.14 bits per heavy atom. The van der Waals surface area contributed by atoms with E-state index in [2.05, 4.69) is 20.7 Å². The molecule has 0 aliphatic carbocycles. The van der Waals surface area contributed by atoms with Crippen molar-refractivity contribution in [1.29, 1.82) is 0 Å². The topological polar surface area (TPSA) is 84.7 Å². The monoisotopic (exact) mass is 384 g/mol. The summed E-state index contributed by atoms with van der Waals surface area (Å²) in [6.07, 6.45) is 6.42. The maximum absolute atomic E-state index is 12.7. The van der Waals surface area contributed by atoms with Gasteiger partial charge in [0.1, 0.15) is 5.82 Å². The third kappa shape index (κ3) is 3.48. The number of fused-ring (bicyclic) bond motifs is 2. The van der Waals surface area contributed by atoms with E-state index in [1.54, 1.807) is 23.1 Å². The lowest BCUT2D eigenvalue weighted by atomic mass is 9.98. The lowest BCUT2D eigenvalue weighted by molar-refractivity contribution is 0.102. The predicted molar refractivity (Wildman–Crippen MR) is 112 cm³/mol. The average molecular weight is 384 g/mol. The van der Waals surface area contributed by atoms with Crippen LogP contribution in [-0.2, 0) is 20.0 Å². The highest BCUT2D eigenvalue weighted by molar-refractivity contribution is 6.04. The van der Waals surface area contributed by atoms with Crippen molar-refractivity contribution in [3.8, 4) is 11.3 Å². The summed E-state index contributed by atoms with van der Waals surface area (Å²) in [5.74, 6) is 0.308. The molecule has 2 N–H and O–H groups in total. The molecule has 29 heavy (non-hydrogen) atoms. The summed E-state index contributed by atoms with van der Waals surface area (Å²) >= 11 is 0. The summed E-state index contributed by atoms with van der Waals surface area (Å²) in [7, 11) is 1.87. The Morgan fingerprint density at radius 2 is 2.07 bits per heavy atom. The zero-order valence-electron chi connectivity index (χ0n) is 16.0. The van der Waals surface area contributed by atoms with E-state index in [1.165, 1.54) is 11.1 Å². The third-order valence-corrected chi connectivity index (χ3v) is 5.17. The fourth-order valence-electron chi connectivity index (χ4n) is 3.61. The van der Waals surface area contributed by atoms with Crippen molar-refractivity contribution in [2.45, 2.75) is 13.0 Å². The van der Waals surface area contributed by atoms with Gasteiger partial charge in [0.25, 0.3) is 5.91 Å². The number of nitrogens with zero attached hydrogens (tertiary/aromatic N) is 4. The molecule has 1 aromatic carbocycles. The smallest absolute Gasteiger partial charge is 0.256 e. The van der Waals surface area contributed by atoms with Crippen LogP contribution < -0.4 is 10.6 Å². The molecule has 144 valence electrons. The van der Waals surface area contributed by atoms with Crippen molar-refractivity contribution in [3.05, 3.63) is 71.7 Å². The molecule has 0 radical (unpaired) electrons. The second kappa shape index (κ2) is 7.10. The molecular weight excluding hydrogens is 364 g/mol. The van der Waals surface area contributed by atoms with Crippen molar-refractivity contribution in [2.75, 3.05) is 11.9 Å². The molecule has 0 bridgehead atoms. The van der Waals surface area contributed by atoms with Gasteiger partial charge in [-0.2, -0.15) is 5.10 Å². The molecule has 7 heteroatoms. The van der Waals surface area contributed by atoms with Gasteiger partial charge in [-0.05, 0) is 48.4 Å². The molecule has 1 aliphatic rings. The Kier molecular flexibility index (Phi) is 4.29. The Bertz CT molecular complexity index is 1230. The molecule has 7 nitrogen and oxygen atoms in total. The molecule has 0 saturated heterocycles. The number of carbonyl (C=O) groups excluding carboxylic acids is 1. The van der Waals surface area contributed by atoms with Crippen LogP contribution in [0.2, 0.25) is 0 Å². The van der Waals surface area contributed by atoms with Gasteiger partial charge >= 0.3 is 0 Å². The van der Waals surface area contributed by atoms with E-state index in [1.807, 2.05) is 43.6 Å². The zero-order chi connectivity index (χ0) is 19.8. The number of amides is 1. The second-order valence-electron chi connectivity index (χ2n) is 7.23. The molecule has 0 fully saturated rings. The van der Waals surface area contributed by atoms with Crippen LogP contribution >= 0.6 is 0 Å². The molecular formula is C22H20N6O. The number of anilines is 1. The molecule has 5 rings (SSSR count). The predicted octanol–water partition coefficient (Wildman–Crippen LogP) is 2.93. The minimum absolute atomic E-state index is 0.173. The lowest BCUT2D eigenvalue weighted by Gasteiger charge is -2.17. The van der Waals surface area contributed by atoms with Gasteiger partial charge in [-0.15, -0.1) is 0 Å². The summed E-state index contributed by atoms with van der Waals surface area (Å²) in [5.41, 5.74) is 5.66. The third-order valence-electron chi connectivity index (χ3n) is 5.17. The van der Waals surface area contributed by atoms with Crippen molar-refractivity contribution in [3.63, 3.8) is 0 Å². The number of hydrogen-bond donors (Lipinski definition) is 2. The molecule has 3 aromatic heterocycles. The fourth-order valence-corrected chi connectivity index (χ4v) is 3.61. The van der Waals surface area contributed by atoms with Crippen molar-refractivity contribution in [1.82, 2.24) is 25.1 Å². The Morgan fingerprint density at radius 3 is 2.93 bits per heavy atom. The minimum Gasteiger partial charge on any atom is -0.312 e. The van der Waals surface area contributed by atoms with Crippen LogP contribution in [0.25, 0.3) is 22.2 Å². The maximum atomic E-state index is 12.7. The highest BCUT2D eigenvalue weighted by atomic mass is 16.1. The van der Waals surface area contributed by atoms with Gasteiger partial charge in [-0.25, -0.2) is 9.97 Å². The maximum Gasteiger partial charge on any atom is 0.256 e. The van der Waals surface area contributed by atoms with E-state index in [-0.39, 0.29) is 5.91 Å². The summed E-state index contributed by atoms with van der Waals surface area (Å²) in [5, 5.41) is 11.3. The van der Waals surface area contributed by atoms with E-state index in [0.29, 0.717) is 11.4 Å². The van der Waals surface area contributed by atoms with Crippen LogP contribution in [0.1, 0.15) is 21.5 Å². The first-order valence-electron chi connectivity index (χ1n) is 9.55. The van der Waals surface area contributed by atoms with E-state index in [9.17, 15) is 4.79 Å². The fraction of sp³-hybridized carbons (Fsp3) is 0.182. The highest BCUT2D eigenvalue weighted by Gasteiger charge is 2.13. The summed E-state index contributed by atoms with van der Waals surface area (Å²) in [4.78, 5) is 21.8. The quantitative estimate of drug-likeness (QED) is 0.567. The number of benzene rings is 1. The van der Waals surface area contributed by atoms with E-state index < -0.39 is 0 Å². The van der Waals surface area contributed by atoms with Crippen LogP contribution in [0.4, 0.5) is 5.82 Å². The van der Waals surface area contributed by atoms with Gasteiger partial charge in [0.2, 0.25) is 0 Å². The van der Waals surface area contributed by atoms with Crippen LogP contribution in [-0.4, -0.2) is 32.2 Å². The van der Waals surface area contributed by atoms with E-state index >= 15 is 0 Å². The lowest BCUT2D eigenvalue weighted by Crippen LogP contribution is -2.24. The first-order chi connectivity index (χ1) is 14.2. The van der Waals surface area contributed by atoms with Gasteiger partial charge in [0.15, 0.2) is 0 Å². The number of aryl methyl sites for hydroxylation is 1. The van der Waals surface area contributed by atoms with E-state index in [0.717, 1.165) is 41.7 Å². The Balaban J connectivity index is 1.42. The number of rotatable bonds is 3. The molecule has 0 unspecified atom stereocenters. The van der Waals surface area contributed by atoms with Crippen LogP contribution in [0.3, 0.4) is 0 Å². The van der Waals surface area contributed by atoms with Gasteiger partial charge in [0.05, 0.1) is 17.4 Å². The van der Waals surface area contributed by atoms with E-state index in [4.69, 9.17) is 4.98 Å². The molecule has 4 aromatic rings. The van der Waals surface area contributed by atoms with Crippen LogP contribution in [0.5, 0.6) is 0 Å². The molecule has 0 atom stereocenters. The van der Waals surface area contributed by atoms with Crippen LogP contribution in [0.15, 0.2) is 55.0 Å².